The van der Waals surface area contributed by atoms with Gasteiger partial charge in [0.15, 0.2) is 0 Å². The van der Waals surface area contributed by atoms with Crippen LogP contribution in [0, 0.1) is 17.8 Å². The minimum Gasteiger partial charge on any atom is -0.446 e. The molecule has 1 aliphatic heterocycles. The second kappa shape index (κ2) is 13.9. The average molecular weight is 538 g/mol. The van der Waals surface area contributed by atoms with Crippen molar-refractivity contribution in [2.45, 2.75) is 89.3 Å². The van der Waals surface area contributed by atoms with Gasteiger partial charge >= 0.3 is 6.09 Å². The van der Waals surface area contributed by atoms with Gasteiger partial charge in [0.1, 0.15) is 12.1 Å². The summed E-state index contributed by atoms with van der Waals surface area (Å²) in [6.45, 7) is 4.07. The molecule has 1 aliphatic carbocycles. The number of hydrogen-bond acceptors (Lipinski definition) is 5. The molecule has 0 aromatic heterocycles. The van der Waals surface area contributed by atoms with E-state index in [9.17, 15) is 28.3 Å². The number of aliphatic hydroxyl groups is 1. The van der Waals surface area contributed by atoms with Crippen molar-refractivity contribution in [1.82, 2.24) is 16.0 Å². The highest BCUT2D eigenvalue weighted by Gasteiger charge is 2.39. The van der Waals surface area contributed by atoms with Crippen molar-refractivity contribution in [3.63, 3.8) is 0 Å². The summed E-state index contributed by atoms with van der Waals surface area (Å²) in [7, 11) is 0. The summed E-state index contributed by atoms with van der Waals surface area (Å²) in [6.07, 6.45) is 0.300. The van der Waals surface area contributed by atoms with Gasteiger partial charge in [-0.15, -0.1) is 0 Å². The number of aliphatic hydroxyl groups excluding tert-OH is 1. The third kappa shape index (κ3) is 9.22. The number of rotatable bonds is 12. The smallest absolute Gasteiger partial charge is 0.408 e. The summed E-state index contributed by atoms with van der Waals surface area (Å²) in [5.41, 5.74) is 0.931. The quantitative estimate of drug-likeness (QED) is 0.325. The van der Waals surface area contributed by atoms with Gasteiger partial charge in [-0.2, -0.15) is 0 Å². The summed E-state index contributed by atoms with van der Waals surface area (Å²) in [6, 6.07) is 7.89. The van der Waals surface area contributed by atoms with Crippen LogP contribution in [0.5, 0.6) is 0 Å². The molecule has 3 amide bonds. The lowest BCUT2D eigenvalue weighted by Gasteiger charge is -2.34. The Balaban J connectivity index is 1.64. The number of alkyl halides is 2. The summed E-state index contributed by atoms with van der Waals surface area (Å²) in [4.78, 5) is 38.1. The van der Waals surface area contributed by atoms with Gasteiger partial charge in [-0.05, 0) is 49.5 Å². The van der Waals surface area contributed by atoms with Crippen LogP contribution < -0.4 is 16.0 Å². The van der Waals surface area contributed by atoms with E-state index in [2.05, 4.69) is 16.0 Å². The van der Waals surface area contributed by atoms with E-state index in [0.717, 1.165) is 5.56 Å². The molecule has 1 aromatic carbocycles. The third-order valence-electron chi connectivity index (χ3n) is 7.44. The first kappa shape index (κ1) is 29.8. The molecule has 0 radical (unpaired) electrons. The zero-order valence-electron chi connectivity index (χ0n) is 22.3. The number of ether oxygens (including phenoxy) is 1. The minimum absolute atomic E-state index is 0.0694. The topological polar surface area (TPSA) is 117 Å². The molecule has 38 heavy (non-hydrogen) atoms. The molecule has 1 heterocycles. The maximum absolute atomic E-state index is 13.8. The van der Waals surface area contributed by atoms with Gasteiger partial charge in [-0.25, -0.2) is 13.6 Å². The molecule has 4 N–H and O–H groups in total. The number of hydrogen-bond donors (Lipinski definition) is 4. The number of halogens is 2. The second-order valence-corrected chi connectivity index (χ2v) is 11.1. The monoisotopic (exact) mass is 537 g/mol. The first-order chi connectivity index (χ1) is 18.1. The summed E-state index contributed by atoms with van der Waals surface area (Å²) >= 11 is 0. The van der Waals surface area contributed by atoms with Gasteiger partial charge in [0, 0.05) is 31.7 Å². The van der Waals surface area contributed by atoms with Crippen molar-refractivity contribution in [1.29, 1.82) is 0 Å². The lowest BCUT2D eigenvalue weighted by Crippen LogP contribution is -2.52. The van der Waals surface area contributed by atoms with Crippen molar-refractivity contribution in [2.75, 3.05) is 13.2 Å². The van der Waals surface area contributed by atoms with Crippen molar-refractivity contribution in [3.8, 4) is 0 Å². The highest BCUT2D eigenvalue weighted by atomic mass is 19.3. The van der Waals surface area contributed by atoms with E-state index in [0.29, 0.717) is 32.2 Å². The van der Waals surface area contributed by atoms with E-state index >= 15 is 0 Å². The molecule has 3 rings (SSSR count). The van der Waals surface area contributed by atoms with Gasteiger partial charge < -0.3 is 25.8 Å². The van der Waals surface area contributed by atoms with Crippen LogP contribution in [0.15, 0.2) is 30.3 Å². The lowest BCUT2D eigenvalue weighted by molar-refractivity contribution is -0.126. The molecule has 1 saturated heterocycles. The molecule has 212 valence electrons. The summed E-state index contributed by atoms with van der Waals surface area (Å²) < 4.78 is 33.4. The number of carbonyl (C=O) groups excluding carboxylic acids is 3. The fourth-order valence-electron chi connectivity index (χ4n) is 5.30. The van der Waals surface area contributed by atoms with E-state index in [-0.39, 0.29) is 56.0 Å². The van der Waals surface area contributed by atoms with E-state index in [1.54, 1.807) is 0 Å². The van der Waals surface area contributed by atoms with E-state index in [1.165, 1.54) is 0 Å². The molecule has 0 bridgehead atoms. The zero-order valence-corrected chi connectivity index (χ0v) is 22.3. The van der Waals surface area contributed by atoms with E-state index in [1.807, 2.05) is 44.2 Å². The Hall–Kier alpha value is -2.75. The number of carbonyl (C=O) groups is 3. The van der Waals surface area contributed by atoms with Gasteiger partial charge in [-0.3, -0.25) is 9.59 Å². The van der Waals surface area contributed by atoms with E-state index < -0.39 is 36.1 Å². The van der Waals surface area contributed by atoms with Crippen molar-refractivity contribution >= 4 is 17.9 Å². The van der Waals surface area contributed by atoms with Gasteiger partial charge in [0.2, 0.25) is 17.7 Å². The Morgan fingerprint density at radius 2 is 1.82 bits per heavy atom. The number of benzene rings is 1. The van der Waals surface area contributed by atoms with Crippen molar-refractivity contribution in [2.24, 2.45) is 17.8 Å². The molecule has 4 atom stereocenters. The first-order valence-corrected chi connectivity index (χ1v) is 13.6. The lowest BCUT2D eigenvalue weighted by atomic mass is 9.81. The van der Waals surface area contributed by atoms with Crippen LogP contribution in [0.2, 0.25) is 0 Å². The molecule has 10 heteroatoms. The zero-order chi connectivity index (χ0) is 27.7. The van der Waals surface area contributed by atoms with Crippen molar-refractivity contribution in [3.05, 3.63) is 35.9 Å². The number of nitrogens with one attached hydrogen (secondary N) is 3. The maximum Gasteiger partial charge on any atom is 0.408 e. The molecule has 2 fully saturated rings. The fourth-order valence-corrected chi connectivity index (χ4v) is 5.30. The standard InChI is InChI=1S/C28H41F2N3O5/c1-18(2)14-23(26(36)32-22(17-34)16-21-10-13-31-25(21)35)33-27(37)38-24(15-19-6-4-3-5-7-19)20-8-11-28(29,30)12-9-20/h3-7,18,20-24,34H,8-17H2,1-2H3,(H,31,35)(H,32,36)(H,33,37). The molecule has 1 aromatic rings. The minimum atomic E-state index is -2.70. The average Bonchev–Trinajstić information content (AvgIpc) is 3.27. The SMILES string of the molecule is CC(C)CC(NC(=O)OC(Cc1ccccc1)C1CCC(F)(F)CC1)C(=O)NC(CO)CC1CCNC1=O. The predicted molar refractivity (Wildman–Crippen MR) is 138 cm³/mol. The van der Waals surface area contributed by atoms with Crippen LogP contribution in [0.4, 0.5) is 13.6 Å². The van der Waals surface area contributed by atoms with Crippen LogP contribution in [0.3, 0.4) is 0 Å². The molecule has 0 spiro atoms. The Morgan fingerprint density at radius 3 is 2.39 bits per heavy atom. The fraction of sp³-hybridized carbons (Fsp3) is 0.679. The van der Waals surface area contributed by atoms with Crippen LogP contribution in [-0.2, 0) is 20.7 Å². The van der Waals surface area contributed by atoms with E-state index in [4.69, 9.17) is 4.74 Å². The van der Waals surface area contributed by atoms with Crippen LogP contribution >= 0.6 is 0 Å². The highest BCUT2D eigenvalue weighted by Crippen LogP contribution is 2.38. The molecule has 8 nitrogen and oxygen atoms in total. The molecular formula is C28H41F2N3O5. The Bertz CT molecular complexity index is 920. The van der Waals surface area contributed by atoms with Crippen molar-refractivity contribution < 1.29 is 33.0 Å². The molecular weight excluding hydrogens is 496 g/mol. The van der Waals surface area contributed by atoms with Crippen LogP contribution in [0.1, 0.15) is 64.4 Å². The Labute approximate surface area is 223 Å². The third-order valence-corrected chi connectivity index (χ3v) is 7.44. The summed E-state index contributed by atoms with van der Waals surface area (Å²) in [5.74, 6) is -3.68. The van der Waals surface area contributed by atoms with Crippen LogP contribution in [-0.4, -0.2) is 60.3 Å². The second-order valence-electron chi connectivity index (χ2n) is 11.1. The highest BCUT2D eigenvalue weighted by molar-refractivity contribution is 5.86. The van der Waals surface area contributed by atoms with Gasteiger partial charge in [0.25, 0.3) is 0 Å². The Kier molecular flexibility index (Phi) is 10.9. The normalized spacial score (nSPS) is 21.8. The number of amides is 3. The molecule has 2 aliphatic rings. The molecule has 4 unspecified atom stereocenters. The van der Waals surface area contributed by atoms with Gasteiger partial charge in [-0.1, -0.05) is 44.2 Å². The molecule has 1 saturated carbocycles. The van der Waals surface area contributed by atoms with Gasteiger partial charge in [0.05, 0.1) is 12.6 Å². The maximum atomic E-state index is 13.8. The predicted octanol–water partition coefficient (Wildman–Crippen LogP) is 3.57. The van der Waals surface area contributed by atoms with Crippen LogP contribution in [0.25, 0.3) is 0 Å². The Morgan fingerprint density at radius 1 is 1.13 bits per heavy atom. The first-order valence-electron chi connectivity index (χ1n) is 13.6. The number of alkyl carbamates (subject to hydrolysis) is 1. The summed E-state index contributed by atoms with van der Waals surface area (Å²) in [5, 5.41) is 18.0. The largest absolute Gasteiger partial charge is 0.446 e.